The Labute approximate surface area is 121 Å². The predicted molar refractivity (Wildman–Crippen MR) is 77.9 cm³/mol. The van der Waals surface area contributed by atoms with Gasteiger partial charge in [0.25, 0.3) is 0 Å². The van der Waals surface area contributed by atoms with Crippen LogP contribution in [0.25, 0.3) is 0 Å². The lowest BCUT2D eigenvalue weighted by molar-refractivity contribution is 0.0594. The fraction of sp³-hybridized carbons (Fsp3) is 0.462. The van der Waals surface area contributed by atoms with Crippen molar-refractivity contribution in [1.82, 2.24) is 15.2 Å². The van der Waals surface area contributed by atoms with Crippen LogP contribution in [0.2, 0.25) is 0 Å². The predicted octanol–water partition coefficient (Wildman–Crippen LogP) is 2.46. The van der Waals surface area contributed by atoms with E-state index in [4.69, 9.17) is 0 Å². The molecule has 7 heteroatoms. The number of aromatic nitrogens is 3. The number of hydrogen-bond donors (Lipinski definition) is 2. The molecule has 0 aromatic carbocycles. The van der Waals surface area contributed by atoms with Crippen molar-refractivity contribution in [2.75, 3.05) is 12.4 Å². The molecule has 0 amide bonds. The Hall–Kier alpha value is -1.89. The summed E-state index contributed by atoms with van der Waals surface area (Å²) in [5, 5.41) is 13.2. The van der Waals surface area contributed by atoms with E-state index >= 15 is 0 Å². The van der Waals surface area contributed by atoms with E-state index in [0.717, 1.165) is 22.3 Å². The highest BCUT2D eigenvalue weighted by Crippen LogP contribution is 2.18. The molecule has 0 radical (unpaired) electrons. The summed E-state index contributed by atoms with van der Waals surface area (Å²) in [6, 6.07) is 3.54. The topological polar surface area (TPSA) is 79.9 Å². The van der Waals surface area contributed by atoms with Crippen LogP contribution in [0.5, 0.6) is 0 Å². The summed E-state index contributed by atoms with van der Waals surface area (Å²) in [4.78, 5) is 14.3. The molecule has 6 nitrogen and oxygen atoms in total. The quantitative estimate of drug-likeness (QED) is 0.800. The van der Waals surface area contributed by atoms with Crippen molar-refractivity contribution in [2.45, 2.75) is 26.8 Å². The summed E-state index contributed by atoms with van der Waals surface area (Å²) in [6.07, 6.45) is 0.939. The first kappa shape index (κ1) is 14.5. The molecule has 2 N–H and O–H groups in total. The van der Waals surface area contributed by atoms with Crippen LogP contribution in [0.3, 0.4) is 0 Å². The Bertz CT molecular complexity index is 576. The first-order chi connectivity index (χ1) is 9.58. The Balaban J connectivity index is 1.90. The third kappa shape index (κ3) is 3.80. The lowest BCUT2D eigenvalue weighted by Gasteiger charge is -2.00. The van der Waals surface area contributed by atoms with Crippen molar-refractivity contribution in [3.05, 3.63) is 28.5 Å². The Morgan fingerprint density at radius 3 is 2.95 bits per heavy atom. The normalized spacial score (nSPS) is 10.8. The zero-order valence-electron chi connectivity index (χ0n) is 11.8. The Morgan fingerprint density at radius 2 is 2.25 bits per heavy atom. The molecule has 0 saturated heterocycles. The van der Waals surface area contributed by atoms with Gasteiger partial charge in [-0.3, -0.25) is 0 Å². The standard InChI is InChI=1S/C13H18N4O2S/c1-8(2)6-11-16-17-13(20-11)14-7-9-4-5-10(15-9)12(18)19-3/h4-5,8,15H,6-7H2,1-3H3,(H,14,17). The number of anilines is 1. The lowest BCUT2D eigenvalue weighted by Crippen LogP contribution is -2.03. The average molecular weight is 294 g/mol. The summed E-state index contributed by atoms with van der Waals surface area (Å²) < 4.78 is 4.64. The fourth-order valence-electron chi connectivity index (χ4n) is 1.70. The van der Waals surface area contributed by atoms with Gasteiger partial charge in [0.15, 0.2) is 0 Å². The number of methoxy groups -OCH3 is 1. The molecule has 0 atom stereocenters. The maximum absolute atomic E-state index is 11.3. The number of nitrogens with one attached hydrogen (secondary N) is 2. The van der Waals surface area contributed by atoms with Crippen molar-refractivity contribution in [3.63, 3.8) is 0 Å². The van der Waals surface area contributed by atoms with E-state index in [0.29, 0.717) is 18.2 Å². The highest BCUT2D eigenvalue weighted by molar-refractivity contribution is 7.15. The first-order valence-corrected chi connectivity index (χ1v) is 7.22. The summed E-state index contributed by atoms with van der Waals surface area (Å²) >= 11 is 1.56. The molecule has 20 heavy (non-hydrogen) atoms. The van der Waals surface area contributed by atoms with Crippen molar-refractivity contribution in [3.8, 4) is 0 Å². The maximum Gasteiger partial charge on any atom is 0.354 e. The van der Waals surface area contributed by atoms with Gasteiger partial charge in [0.2, 0.25) is 5.13 Å². The lowest BCUT2D eigenvalue weighted by atomic mass is 10.1. The molecule has 0 aliphatic heterocycles. The molecule has 2 rings (SSSR count). The minimum absolute atomic E-state index is 0.369. The number of H-pyrrole nitrogens is 1. The number of hydrogen-bond acceptors (Lipinski definition) is 6. The van der Waals surface area contributed by atoms with E-state index in [1.165, 1.54) is 7.11 Å². The van der Waals surface area contributed by atoms with Crippen LogP contribution >= 0.6 is 11.3 Å². The summed E-state index contributed by atoms with van der Waals surface area (Å²) in [5.41, 5.74) is 1.34. The molecule has 0 bridgehead atoms. The van der Waals surface area contributed by atoms with Crippen LogP contribution in [0, 0.1) is 5.92 Å². The van der Waals surface area contributed by atoms with Gasteiger partial charge in [-0.15, -0.1) is 10.2 Å². The van der Waals surface area contributed by atoms with Crippen molar-refractivity contribution in [2.24, 2.45) is 5.92 Å². The molecule has 2 aromatic rings. The highest BCUT2D eigenvalue weighted by Gasteiger charge is 2.09. The second kappa shape index (κ2) is 6.51. The third-order valence-electron chi connectivity index (χ3n) is 2.63. The number of carbonyl (C=O) groups excluding carboxylic acids is 1. The van der Waals surface area contributed by atoms with Gasteiger partial charge in [-0.1, -0.05) is 25.2 Å². The summed E-state index contributed by atoms with van der Waals surface area (Å²) in [6.45, 7) is 4.87. The molecule has 108 valence electrons. The van der Waals surface area contributed by atoms with Crippen LogP contribution in [0.4, 0.5) is 5.13 Å². The molecular formula is C13H18N4O2S. The molecule has 0 aliphatic carbocycles. The van der Waals surface area contributed by atoms with Crippen LogP contribution < -0.4 is 5.32 Å². The Morgan fingerprint density at radius 1 is 1.45 bits per heavy atom. The van der Waals surface area contributed by atoms with Crippen molar-refractivity contribution >= 4 is 22.4 Å². The fourth-order valence-corrected chi connectivity index (χ4v) is 2.65. The number of carbonyl (C=O) groups is 1. The summed E-state index contributed by atoms with van der Waals surface area (Å²) in [7, 11) is 1.36. The van der Waals surface area contributed by atoms with Crippen LogP contribution in [-0.2, 0) is 17.7 Å². The van der Waals surface area contributed by atoms with Crippen LogP contribution in [0.1, 0.15) is 35.0 Å². The second-order valence-corrected chi connectivity index (χ2v) is 5.90. The molecule has 0 spiro atoms. The smallest absolute Gasteiger partial charge is 0.354 e. The maximum atomic E-state index is 11.3. The van der Waals surface area contributed by atoms with E-state index in [1.54, 1.807) is 17.4 Å². The summed E-state index contributed by atoms with van der Waals surface area (Å²) in [5.74, 6) is 0.202. The number of nitrogens with zero attached hydrogens (tertiary/aromatic N) is 2. The number of aromatic amines is 1. The number of ether oxygens (including phenoxy) is 1. The third-order valence-corrected chi connectivity index (χ3v) is 3.53. The largest absolute Gasteiger partial charge is 0.464 e. The van der Waals surface area contributed by atoms with Crippen molar-refractivity contribution < 1.29 is 9.53 Å². The van der Waals surface area contributed by atoms with Gasteiger partial charge < -0.3 is 15.0 Å². The van der Waals surface area contributed by atoms with Gasteiger partial charge in [0, 0.05) is 12.1 Å². The van der Waals surface area contributed by atoms with Crippen LogP contribution in [-0.4, -0.2) is 28.3 Å². The SMILES string of the molecule is COC(=O)c1ccc(CNc2nnc(CC(C)C)s2)[nH]1. The molecule has 0 aliphatic rings. The van der Waals surface area contributed by atoms with Crippen LogP contribution in [0.15, 0.2) is 12.1 Å². The minimum Gasteiger partial charge on any atom is -0.464 e. The number of rotatable bonds is 6. The van der Waals surface area contributed by atoms with Gasteiger partial charge >= 0.3 is 5.97 Å². The minimum atomic E-state index is -0.369. The second-order valence-electron chi connectivity index (χ2n) is 4.84. The van der Waals surface area contributed by atoms with Gasteiger partial charge in [0.1, 0.15) is 10.7 Å². The van der Waals surface area contributed by atoms with Crippen molar-refractivity contribution in [1.29, 1.82) is 0 Å². The first-order valence-electron chi connectivity index (χ1n) is 6.41. The average Bonchev–Trinajstić information content (AvgIpc) is 3.04. The van der Waals surface area contributed by atoms with E-state index in [2.05, 4.69) is 39.1 Å². The van der Waals surface area contributed by atoms with Gasteiger partial charge in [-0.2, -0.15) is 0 Å². The highest BCUT2D eigenvalue weighted by atomic mass is 32.1. The molecule has 0 saturated carbocycles. The molecule has 0 fully saturated rings. The molecule has 2 aromatic heterocycles. The van der Waals surface area contributed by atoms with Gasteiger partial charge in [-0.05, 0) is 18.1 Å². The van der Waals surface area contributed by atoms with E-state index in [1.807, 2.05) is 6.07 Å². The van der Waals surface area contributed by atoms with E-state index < -0.39 is 0 Å². The Kier molecular flexibility index (Phi) is 4.73. The molecule has 0 unspecified atom stereocenters. The van der Waals surface area contributed by atoms with Gasteiger partial charge in [0.05, 0.1) is 13.7 Å². The number of esters is 1. The monoisotopic (exact) mass is 294 g/mol. The molecular weight excluding hydrogens is 276 g/mol. The van der Waals surface area contributed by atoms with E-state index in [-0.39, 0.29) is 5.97 Å². The van der Waals surface area contributed by atoms with E-state index in [9.17, 15) is 4.79 Å². The zero-order chi connectivity index (χ0) is 14.5. The molecule has 2 heterocycles. The zero-order valence-corrected chi connectivity index (χ0v) is 12.6. The van der Waals surface area contributed by atoms with Gasteiger partial charge in [-0.25, -0.2) is 4.79 Å².